The molecule has 47 heavy (non-hydrogen) atoms. The van der Waals surface area contributed by atoms with E-state index in [2.05, 4.69) is 19.7 Å². The third-order valence-electron chi connectivity index (χ3n) is 6.91. The van der Waals surface area contributed by atoms with Crippen LogP contribution in [0.4, 0.5) is 5.13 Å². The molecule has 1 aliphatic heterocycles. The van der Waals surface area contributed by atoms with Crippen LogP contribution >= 0.6 is 22.9 Å². The molecule has 254 valence electrons. The van der Waals surface area contributed by atoms with Gasteiger partial charge in [0, 0.05) is 10.9 Å². The molecular weight excluding hydrogens is 684 g/mol. The molecule has 0 radical (unpaired) electrons. The van der Waals surface area contributed by atoms with E-state index in [9.17, 15) is 27.9 Å². The van der Waals surface area contributed by atoms with E-state index in [0.717, 1.165) is 35.4 Å². The zero-order valence-electron chi connectivity index (χ0n) is 25.2. The summed E-state index contributed by atoms with van der Waals surface area (Å²) in [5.41, 5.74) is 10.8. The summed E-state index contributed by atoms with van der Waals surface area (Å²) in [6, 6.07) is 3.50. The fourth-order valence-electron chi connectivity index (χ4n) is 4.45. The van der Waals surface area contributed by atoms with Gasteiger partial charge in [0.2, 0.25) is 6.20 Å². The van der Waals surface area contributed by atoms with Gasteiger partial charge in [-0.25, -0.2) is 9.78 Å². The molecule has 1 aliphatic rings. The summed E-state index contributed by atoms with van der Waals surface area (Å²) in [5, 5.41) is 17.9. The van der Waals surface area contributed by atoms with Gasteiger partial charge in [-0.1, -0.05) is 16.8 Å². The molecule has 7 N–H and O–H groups in total. The van der Waals surface area contributed by atoms with Crippen LogP contribution in [0.5, 0.6) is 5.75 Å². The lowest BCUT2D eigenvalue weighted by atomic mass is 9.84. The van der Waals surface area contributed by atoms with E-state index in [4.69, 9.17) is 37.2 Å². The molecule has 1 unspecified atom stereocenters. The van der Waals surface area contributed by atoms with Crippen LogP contribution in [0.15, 0.2) is 41.1 Å². The number of thiazole rings is 1. The van der Waals surface area contributed by atoms with Gasteiger partial charge in [-0.2, -0.15) is 18.2 Å². The van der Waals surface area contributed by atoms with Crippen molar-refractivity contribution in [2.45, 2.75) is 44.5 Å². The molecule has 18 nitrogen and oxygen atoms in total. The Balaban J connectivity index is 1.47. The molecule has 0 saturated carbocycles. The highest BCUT2D eigenvalue weighted by Crippen LogP contribution is 2.33. The highest BCUT2D eigenvalue weighted by molar-refractivity contribution is 7.80. The number of rotatable bonds is 15. The number of carbonyl (C=O) groups excluding carboxylic acids is 2. The monoisotopic (exact) mass is 715 g/mol. The SMILES string of the molecule is C[n+]1cc(-c2ccc(OCC(O/N=C(\C(=O)N[C@@H]3C(=O)N(OS(=O)(=O)O)C3(C)C)c3csc(N)n3)C(=O)O)cc2Cl)cn1CCCN. The van der Waals surface area contributed by atoms with Crippen molar-refractivity contribution in [1.82, 2.24) is 20.0 Å². The highest BCUT2D eigenvalue weighted by atomic mass is 35.5. The number of hydrogen-bond donors (Lipinski definition) is 5. The molecule has 3 heterocycles. The molecular formula is C26H32ClN8O10S2+. The molecule has 3 aromatic rings. The quantitative estimate of drug-likeness (QED) is 0.0461. The van der Waals surface area contributed by atoms with Crippen molar-refractivity contribution in [3.8, 4) is 16.9 Å². The summed E-state index contributed by atoms with van der Waals surface area (Å²) in [6.45, 7) is 3.44. The van der Waals surface area contributed by atoms with Gasteiger partial charge in [-0.15, -0.1) is 20.3 Å². The van der Waals surface area contributed by atoms with Gasteiger partial charge in [-0.3, -0.25) is 14.1 Å². The number of anilines is 1. The van der Waals surface area contributed by atoms with Crippen molar-refractivity contribution in [3.63, 3.8) is 0 Å². The first-order valence-corrected chi connectivity index (χ1v) is 16.3. The second kappa shape index (κ2) is 14.2. The fraction of sp³-hybridized carbons (Fsp3) is 0.385. The largest absolute Gasteiger partial charge is 0.489 e. The number of amides is 2. The maximum Gasteiger partial charge on any atom is 0.418 e. The van der Waals surface area contributed by atoms with Crippen LogP contribution in [0, 0.1) is 0 Å². The summed E-state index contributed by atoms with van der Waals surface area (Å²) in [6.07, 6.45) is 2.91. The van der Waals surface area contributed by atoms with E-state index in [-0.39, 0.29) is 16.6 Å². The van der Waals surface area contributed by atoms with Crippen molar-refractivity contribution in [2.75, 3.05) is 18.9 Å². The van der Waals surface area contributed by atoms with E-state index in [0.29, 0.717) is 16.6 Å². The zero-order chi connectivity index (χ0) is 34.7. The van der Waals surface area contributed by atoms with Crippen LogP contribution in [0.1, 0.15) is 26.0 Å². The third kappa shape index (κ3) is 8.34. The van der Waals surface area contributed by atoms with Crippen LogP contribution < -0.4 is 26.2 Å². The minimum absolute atomic E-state index is 0.0487. The Hall–Kier alpha value is -4.34. The number of carboxylic acid groups (broad SMARTS) is 1. The average molecular weight is 716 g/mol. The number of oxime groups is 1. The van der Waals surface area contributed by atoms with Gasteiger partial charge in [0.25, 0.3) is 17.9 Å². The molecule has 0 bridgehead atoms. The minimum atomic E-state index is -5.02. The average Bonchev–Trinajstić information content (AvgIpc) is 3.58. The number of halogens is 1. The van der Waals surface area contributed by atoms with Gasteiger partial charge in [0.15, 0.2) is 17.9 Å². The van der Waals surface area contributed by atoms with E-state index in [1.165, 1.54) is 25.3 Å². The van der Waals surface area contributed by atoms with Crippen LogP contribution in [0.3, 0.4) is 0 Å². The number of benzene rings is 1. The molecule has 0 spiro atoms. The maximum absolute atomic E-state index is 13.2. The third-order valence-corrected chi connectivity index (χ3v) is 8.24. The molecule has 0 aliphatic carbocycles. The summed E-state index contributed by atoms with van der Waals surface area (Å²) in [5.74, 6) is -3.28. The first-order chi connectivity index (χ1) is 22.0. The molecule has 2 aromatic heterocycles. The van der Waals surface area contributed by atoms with E-state index in [1.54, 1.807) is 12.1 Å². The second-order valence-corrected chi connectivity index (χ2v) is 13.0. The standard InChI is InChI=1S/C26H31ClN8O10S2/c1-26(2)21(23(37)35(26)45-47(40,41)42)31-22(36)20(18-13-46-25(29)30-18)32-44-19(24(38)39)12-43-15-5-6-16(17(27)9-15)14-10-33(3)34(11-14)8-4-7-28/h5-6,9-11,13,19,21H,4,7-8,12,28H2,1-3H3,(H4-,29,30,31,36,38,39,40,41,42)/p+1/b32-20-/t19?,21-/m1/s1. The van der Waals surface area contributed by atoms with Crippen molar-refractivity contribution < 1.29 is 51.0 Å². The van der Waals surface area contributed by atoms with Gasteiger partial charge in [0.05, 0.1) is 28.9 Å². The van der Waals surface area contributed by atoms with Crippen molar-refractivity contribution >= 4 is 62.0 Å². The molecule has 2 atom stereocenters. The number of carboxylic acids is 1. The Bertz CT molecular complexity index is 1810. The lowest BCUT2D eigenvalue weighted by Gasteiger charge is -2.50. The van der Waals surface area contributed by atoms with Crippen LogP contribution in [0.25, 0.3) is 11.1 Å². The van der Waals surface area contributed by atoms with Crippen LogP contribution in [-0.2, 0) is 47.5 Å². The number of nitrogens with zero attached hydrogens (tertiary/aromatic N) is 5. The summed E-state index contributed by atoms with van der Waals surface area (Å²) >= 11 is 7.47. The van der Waals surface area contributed by atoms with E-state index >= 15 is 0 Å². The Kier molecular flexibility index (Phi) is 10.7. The first kappa shape index (κ1) is 35.5. The van der Waals surface area contributed by atoms with Gasteiger partial charge >= 0.3 is 16.4 Å². The van der Waals surface area contributed by atoms with Gasteiger partial charge in [-0.05, 0) is 45.0 Å². The number of hydrogen-bond acceptors (Lipinski definition) is 13. The number of ether oxygens (including phenoxy) is 1. The number of nitrogens with one attached hydrogen (secondary N) is 1. The molecule has 1 fully saturated rings. The number of carbonyl (C=O) groups is 3. The Labute approximate surface area is 277 Å². The fourth-order valence-corrected chi connectivity index (χ4v) is 5.73. The Morgan fingerprint density at radius 1 is 1.34 bits per heavy atom. The van der Waals surface area contributed by atoms with Crippen LogP contribution in [-0.4, -0.2) is 87.1 Å². The normalized spacial score (nSPS) is 16.8. The number of nitrogens with two attached hydrogens (primary N) is 2. The molecule has 4 rings (SSSR count). The predicted molar refractivity (Wildman–Crippen MR) is 166 cm³/mol. The number of aliphatic carboxylic acids is 1. The van der Waals surface area contributed by atoms with Gasteiger partial charge < -0.3 is 31.5 Å². The lowest BCUT2D eigenvalue weighted by molar-refractivity contribution is -0.753. The molecule has 1 saturated heterocycles. The minimum Gasteiger partial charge on any atom is -0.489 e. The Morgan fingerprint density at radius 3 is 2.64 bits per heavy atom. The second-order valence-electron chi connectivity index (χ2n) is 10.7. The molecule has 2 amide bonds. The van der Waals surface area contributed by atoms with Crippen LogP contribution in [0.2, 0.25) is 5.02 Å². The number of hydroxylamine groups is 2. The zero-order valence-corrected chi connectivity index (χ0v) is 27.6. The first-order valence-electron chi connectivity index (χ1n) is 13.7. The van der Waals surface area contributed by atoms with Crippen molar-refractivity contribution in [3.05, 3.63) is 46.7 Å². The topological polar surface area (TPSA) is 255 Å². The van der Waals surface area contributed by atoms with E-state index < -0.39 is 58.2 Å². The number of aromatic nitrogens is 3. The number of aryl methyl sites for hydroxylation is 2. The number of nitrogen functional groups attached to an aromatic ring is 1. The summed E-state index contributed by atoms with van der Waals surface area (Å²) in [4.78, 5) is 46.9. The van der Waals surface area contributed by atoms with E-state index in [1.807, 2.05) is 28.8 Å². The van der Waals surface area contributed by atoms with Crippen molar-refractivity contribution in [1.29, 1.82) is 0 Å². The predicted octanol–water partition coefficient (Wildman–Crippen LogP) is 0.113. The highest BCUT2D eigenvalue weighted by Gasteiger charge is 2.58. The van der Waals surface area contributed by atoms with Crippen molar-refractivity contribution in [2.24, 2.45) is 17.9 Å². The maximum atomic E-state index is 13.2. The smallest absolute Gasteiger partial charge is 0.418 e. The summed E-state index contributed by atoms with van der Waals surface area (Å²) < 4.78 is 44.9. The lowest BCUT2D eigenvalue weighted by Crippen LogP contribution is -2.76. The van der Waals surface area contributed by atoms with Gasteiger partial charge in [0.1, 0.15) is 24.1 Å². The number of β-lactam (4-membered cyclic amide) rings is 1. The Morgan fingerprint density at radius 2 is 2.06 bits per heavy atom. The molecule has 1 aromatic carbocycles. The molecule has 21 heteroatoms. The summed E-state index contributed by atoms with van der Waals surface area (Å²) in [7, 11) is -3.13.